The van der Waals surface area contributed by atoms with Gasteiger partial charge in [-0.05, 0) is 42.9 Å². The number of phenolic OH excluding ortho intramolecular Hbond substituents is 1. The van der Waals surface area contributed by atoms with E-state index < -0.39 is 0 Å². The lowest BCUT2D eigenvalue weighted by atomic mass is 9.82. The molecule has 0 bridgehead atoms. The molecule has 0 radical (unpaired) electrons. The summed E-state index contributed by atoms with van der Waals surface area (Å²) in [4.78, 5) is 14.3. The summed E-state index contributed by atoms with van der Waals surface area (Å²) in [5, 5.41) is 10.3. The molecule has 1 heterocycles. The fourth-order valence-corrected chi connectivity index (χ4v) is 2.96. The van der Waals surface area contributed by atoms with E-state index in [1.165, 1.54) is 6.07 Å². The molecule has 1 amide bonds. The SMILES string of the molecule is CCC1(CC)CCN(C(=O)c2ccc(Cl)cc2O)C1. The second-order valence-electron chi connectivity index (χ2n) is 5.35. The molecule has 1 aromatic carbocycles. The minimum Gasteiger partial charge on any atom is -0.507 e. The number of rotatable bonds is 3. The number of phenols is 1. The Balaban J connectivity index is 2.17. The first kappa shape index (κ1) is 14.2. The van der Waals surface area contributed by atoms with Crippen LogP contribution in [0, 0.1) is 5.41 Å². The summed E-state index contributed by atoms with van der Waals surface area (Å²) in [6.07, 6.45) is 3.21. The van der Waals surface area contributed by atoms with Crippen LogP contribution >= 0.6 is 11.6 Å². The average molecular weight is 282 g/mol. The van der Waals surface area contributed by atoms with Gasteiger partial charge in [-0.2, -0.15) is 0 Å². The molecule has 0 aromatic heterocycles. The molecule has 1 saturated heterocycles. The van der Waals surface area contributed by atoms with Gasteiger partial charge < -0.3 is 10.0 Å². The zero-order chi connectivity index (χ0) is 14.0. The number of carbonyl (C=O) groups is 1. The van der Waals surface area contributed by atoms with Gasteiger partial charge in [0.15, 0.2) is 0 Å². The minimum absolute atomic E-state index is 0.0389. The summed E-state index contributed by atoms with van der Waals surface area (Å²) in [7, 11) is 0. The molecule has 4 heteroatoms. The van der Waals surface area contributed by atoms with Gasteiger partial charge in [-0.25, -0.2) is 0 Å². The first-order valence-electron chi connectivity index (χ1n) is 6.79. The Morgan fingerprint density at radius 2 is 2.11 bits per heavy atom. The highest BCUT2D eigenvalue weighted by Gasteiger charge is 2.37. The Hall–Kier alpha value is -1.22. The zero-order valence-corrected chi connectivity index (χ0v) is 12.2. The zero-order valence-electron chi connectivity index (χ0n) is 11.4. The van der Waals surface area contributed by atoms with E-state index in [0.29, 0.717) is 10.6 Å². The Morgan fingerprint density at radius 1 is 1.42 bits per heavy atom. The van der Waals surface area contributed by atoms with Crippen molar-refractivity contribution in [1.82, 2.24) is 4.90 Å². The van der Waals surface area contributed by atoms with Gasteiger partial charge in [0.25, 0.3) is 5.91 Å². The predicted molar refractivity (Wildman–Crippen MR) is 76.7 cm³/mol. The summed E-state index contributed by atoms with van der Waals surface area (Å²) in [6, 6.07) is 4.65. The lowest BCUT2D eigenvalue weighted by molar-refractivity contribution is 0.0767. The van der Waals surface area contributed by atoms with E-state index in [-0.39, 0.29) is 17.1 Å². The highest BCUT2D eigenvalue weighted by Crippen LogP contribution is 2.38. The number of benzene rings is 1. The Bertz CT molecular complexity index is 483. The average Bonchev–Trinajstić information content (AvgIpc) is 2.83. The van der Waals surface area contributed by atoms with Crippen LogP contribution in [0.15, 0.2) is 18.2 Å². The summed E-state index contributed by atoms with van der Waals surface area (Å²) in [6.45, 7) is 5.90. The van der Waals surface area contributed by atoms with E-state index in [4.69, 9.17) is 11.6 Å². The Labute approximate surface area is 119 Å². The molecular weight excluding hydrogens is 262 g/mol. The van der Waals surface area contributed by atoms with Crippen molar-refractivity contribution in [2.45, 2.75) is 33.1 Å². The predicted octanol–water partition coefficient (Wildman–Crippen LogP) is 3.70. The molecule has 1 aliphatic rings. The molecule has 19 heavy (non-hydrogen) atoms. The second kappa shape index (κ2) is 5.41. The van der Waals surface area contributed by atoms with Crippen LogP contribution in [0.5, 0.6) is 5.75 Å². The number of nitrogens with zero attached hydrogens (tertiary/aromatic N) is 1. The third-order valence-electron chi connectivity index (χ3n) is 4.42. The van der Waals surface area contributed by atoms with Crippen LogP contribution in [0.2, 0.25) is 5.02 Å². The van der Waals surface area contributed by atoms with Crippen molar-refractivity contribution in [3.05, 3.63) is 28.8 Å². The Kier molecular flexibility index (Phi) is 4.04. The van der Waals surface area contributed by atoms with Crippen molar-refractivity contribution in [3.8, 4) is 5.75 Å². The molecule has 2 rings (SSSR count). The smallest absolute Gasteiger partial charge is 0.257 e. The molecule has 0 saturated carbocycles. The second-order valence-corrected chi connectivity index (χ2v) is 5.78. The van der Waals surface area contributed by atoms with Crippen LogP contribution < -0.4 is 0 Å². The number of hydrogen-bond donors (Lipinski definition) is 1. The van der Waals surface area contributed by atoms with Crippen molar-refractivity contribution >= 4 is 17.5 Å². The van der Waals surface area contributed by atoms with E-state index in [1.54, 1.807) is 12.1 Å². The molecule has 0 atom stereocenters. The minimum atomic E-state index is -0.0991. The summed E-state index contributed by atoms with van der Waals surface area (Å²) in [5.41, 5.74) is 0.588. The number of aromatic hydroxyl groups is 1. The molecule has 0 spiro atoms. The lowest BCUT2D eigenvalue weighted by Gasteiger charge is -2.26. The summed E-state index contributed by atoms with van der Waals surface area (Å²) >= 11 is 5.79. The lowest BCUT2D eigenvalue weighted by Crippen LogP contribution is -2.31. The number of amides is 1. The summed E-state index contributed by atoms with van der Waals surface area (Å²) in [5.74, 6) is -0.138. The highest BCUT2D eigenvalue weighted by atomic mass is 35.5. The molecule has 0 aliphatic carbocycles. The van der Waals surface area contributed by atoms with Crippen LogP contribution in [0.3, 0.4) is 0 Å². The maximum atomic E-state index is 12.4. The highest BCUT2D eigenvalue weighted by molar-refractivity contribution is 6.30. The molecule has 104 valence electrons. The quantitative estimate of drug-likeness (QED) is 0.918. The van der Waals surface area contributed by atoms with Gasteiger partial charge in [0.1, 0.15) is 5.75 Å². The van der Waals surface area contributed by atoms with E-state index in [1.807, 2.05) is 4.90 Å². The van der Waals surface area contributed by atoms with Crippen LogP contribution in [-0.4, -0.2) is 29.0 Å². The van der Waals surface area contributed by atoms with Gasteiger partial charge in [-0.1, -0.05) is 25.4 Å². The first-order valence-corrected chi connectivity index (χ1v) is 7.17. The van der Waals surface area contributed by atoms with Gasteiger partial charge in [-0.3, -0.25) is 4.79 Å². The molecular formula is C15H20ClNO2. The van der Waals surface area contributed by atoms with Crippen LogP contribution in [0.4, 0.5) is 0 Å². The number of carbonyl (C=O) groups excluding carboxylic acids is 1. The Morgan fingerprint density at radius 3 is 2.63 bits per heavy atom. The van der Waals surface area contributed by atoms with Crippen molar-refractivity contribution in [2.24, 2.45) is 5.41 Å². The number of hydrogen-bond acceptors (Lipinski definition) is 2. The third-order valence-corrected chi connectivity index (χ3v) is 4.65. The van der Waals surface area contributed by atoms with Crippen molar-refractivity contribution in [2.75, 3.05) is 13.1 Å². The van der Waals surface area contributed by atoms with E-state index in [9.17, 15) is 9.90 Å². The van der Waals surface area contributed by atoms with Crippen molar-refractivity contribution in [1.29, 1.82) is 0 Å². The largest absolute Gasteiger partial charge is 0.507 e. The first-order chi connectivity index (χ1) is 9.01. The van der Waals surface area contributed by atoms with Gasteiger partial charge in [0.05, 0.1) is 5.56 Å². The van der Waals surface area contributed by atoms with Crippen molar-refractivity contribution in [3.63, 3.8) is 0 Å². The molecule has 1 aliphatic heterocycles. The molecule has 1 aromatic rings. The van der Waals surface area contributed by atoms with Crippen LogP contribution in [-0.2, 0) is 0 Å². The standard InChI is InChI=1S/C15H20ClNO2/c1-3-15(4-2)7-8-17(10-15)14(19)12-6-5-11(16)9-13(12)18/h5-6,9,18H,3-4,7-8,10H2,1-2H3. The number of likely N-dealkylation sites (tertiary alicyclic amines) is 1. The normalized spacial score (nSPS) is 17.7. The topological polar surface area (TPSA) is 40.5 Å². The van der Waals surface area contributed by atoms with E-state index in [0.717, 1.165) is 32.4 Å². The maximum Gasteiger partial charge on any atom is 0.257 e. The molecule has 3 nitrogen and oxygen atoms in total. The van der Waals surface area contributed by atoms with Gasteiger partial charge in [0, 0.05) is 18.1 Å². The fraction of sp³-hybridized carbons (Fsp3) is 0.533. The van der Waals surface area contributed by atoms with Gasteiger partial charge in [-0.15, -0.1) is 0 Å². The maximum absolute atomic E-state index is 12.4. The molecule has 1 N–H and O–H groups in total. The summed E-state index contributed by atoms with van der Waals surface area (Å²) < 4.78 is 0. The molecule has 1 fully saturated rings. The monoisotopic (exact) mass is 281 g/mol. The van der Waals surface area contributed by atoms with E-state index in [2.05, 4.69) is 13.8 Å². The fourth-order valence-electron chi connectivity index (χ4n) is 2.79. The van der Waals surface area contributed by atoms with Crippen LogP contribution in [0.1, 0.15) is 43.5 Å². The number of halogens is 1. The van der Waals surface area contributed by atoms with E-state index >= 15 is 0 Å². The van der Waals surface area contributed by atoms with Crippen LogP contribution in [0.25, 0.3) is 0 Å². The molecule has 0 unspecified atom stereocenters. The van der Waals surface area contributed by atoms with Gasteiger partial charge >= 0.3 is 0 Å². The van der Waals surface area contributed by atoms with Crippen molar-refractivity contribution < 1.29 is 9.90 Å². The third kappa shape index (κ3) is 2.71. The van der Waals surface area contributed by atoms with Gasteiger partial charge in [0.2, 0.25) is 0 Å².